The number of nitrogens with two attached hydrogens (primary N) is 1. The lowest BCUT2D eigenvalue weighted by molar-refractivity contribution is -0.137. The summed E-state index contributed by atoms with van der Waals surface area (Å²) in [6.07, 6.45) is 0.0196. The largest absolute Gasteiger partial charge is 0.508 e. The number of aromatic hydroxyl groups is 1. The third-order valence-electron chi connectivity index (χ3n) is 2.84. The molecule has 19 heavy (non-hydrogen) atoms. The highest BCUT2D eigenvalue weighted by molar-refractivity contribution is 7.80. The van der Waals surface area contributed by atoms with Crippen LogP contribution < -0.4 is 5.73 Å². The molecule has 0 spiro atoms. The number of carboxylic acid groups (broad SMARTS) is 1. The Labute approximate surface area is 117 Å². The minimum Gasteiger partial charge on any atom is -0.508 e. The van der Waals surface area contributed by atoms with Crippen LogP contribution in [0.15, 0.2) is 24.3 Å². The number of thiocarbonyl (C=S) groups is 1. The molecule has 0 aliphatic heterocycles. The van der Waals surface area contributed by atoms with Crippen molar-refractivity contribution in [2.45, 2.75) is 19.4 Å². The molecule has 1 rings (SSSR count). The Kier molecular flexibility index (Phi) is 5.72. The Morgan fingerprint density at radius 3 is 2.68 bits per heavy atom. The van der Waals surface area contributed by atoms with Gasteiger partial charge in [-0.15, -0.1) is 0 Å². The first-order valence-corrected chi connectivity index (χ1v) is 6.40. The summed E-state index contributed by atoms with van der Waals surface area (Å²) in [5, 5.41) is 18.3. The van der Waals surface area contributed by atoms with E-state index in [9.17, 15) is 9.90 Å². The van der Waals surface area contributed by atoms with E-state index in [4.69, 9.17) is 23.1 Å². The van der Waals surface area contributed by atoms with E-state index in [0.29, 0.717) is 13.1 Å². The Balaban J connectivity index is 2.97. The van der Waals surface area contributed by atoms with Gasteiger partial charge in [0.2, 0.25) is 0 Å². The van der Waals surface area contributed by atoms with Gasteiger partial charge in [-0.25, -0.2) is 0 Å². The van der Waals surface area contributed by atoms with Crippen LogP contribution in [0.1, 0.15) is 24.9 Å². The topological polar surface area (TPSA) is 86.8 Å². The lowest BCUT2D eigenvalue weighted by Crippen LogP contribution is -2.38. The zero-order chi connectivity index (χ0) is 14.4. The maximum Gasteiger partial charge on any atom is 0.304 e. The van der Waals surface area contributed by atoms with Gasteiger partial charge in [-0.1, -0.05) is 31.3 Å². The number of phenolic OH excluding ortho intramolecular Hbond substituents is 1. The Hall–Kier alpha value is -1.66. The van der Waals surface area contributed by atoms with Crippen LogP contribution in [0.25, 0.3) is 0 Å². The molecule has 1 atom stereocenters. The second kappa shape index (κ2) is 7.06. The monoisotopic (exact) mass is 282 g/mol. The van der Waals surface area contributed by atoms with Crippen molar-refractivity contribution >= 4 is 23.2 Å². The van der Waals surface area contributed by atoms with Crippen LogP contribution in [0.3, 0.4) is 0 Å². The van der Waals surface area contributed by atoms with E-state index in [1.54, 1.807) is 18.2 Å². The summed E-state index contributed by atoms with van der Waals surface area (Å²) in [6, 6.07) is 6.31. The fourth-order valence-corrected chi connectivity index (χ4v) is 2.24. The van der Waals surface area contributed by atoms with E-state index in [1.165, 1.54) is 0 Å². The first kappa shape index (κ1) is 15.4. The van der Waals surface area contributed by atoms with Crippen LogP contribution in [-0.2, 0) is 4.79 Å². The Morgan fingerprint density at radius 2 is 2.21 bits per heavy atom. The molecule has 0 aliphatic carbocycles. The fraction of sp³-hybridized carbons (Fsp3) is 0.385. The van der Waals surface area contributed by atoms with Gasteiger partial charge in [-0.2, -0.15) is 0 Å². The van der Waals surface area contributed by atoms with Crippen molar-refractivity contribution in [3.8, 4) is 5.75 Å². The van der Waals surface area contributed by atoms with Crippen molar-refractivity contribution in [1.82, 2.24) is 4.90 Å². The molecule has 4 N–H and O–H groups in total. The van der Waals surface area contributed by atoms with Crippen molar-refractivity contribution in [3.63, 3.8) is 0 Å². The number of carbonyl (C=O) groups is 1. The minimum absolute atomic E-state index is 0.0196. The molecule has 5 nitrogen and oxygen atoms in total. The van der Waals surface area contributed by atoms with Gasteiger partial charge >= 0.3 is 5.97 Å². The molecule has 0 saturated carbocycles. The quantitative estimate of drug-likeness (QED) is 0.657. The number of hydrogen-bond donors (Lipinski definition) is 3. The summed E-state index contributed by atoms with van der Waals surface area (Å²) in [4.78, 5) is 12.8. The summed E-state index contributed by atoms with van der Waals surface area (Å²) in [7, 11) is 0. The number of carboxylic acids is 1. The van der Waals surface area contributed by atoms with Crippen molar-refractivity contribution in [3.05, 3.63) is 29.8 Å². The number of rotatable bonds is 7. The molecule has 0 saturated heterocycles. The predicted octanol–water partition coefficient (Wildman–Crippen LogP) is 1.52. The molecule has 1 aromatic rings. The second-order valence-electron chi connectivity index (χ2n) is 4.17. The molecule has 104 valence electrons. The first-order chi connectivity index (χ1) is 8.95. The normalized spacial score (nSPS) is 12.3. The molecular weight excluding hydrogens is 264 g/mol. The lowest BCUT2D eigenvalue weighted by atomic mass is 10.0. The van der Waals surface area contributed by atoms with Gasteiger partial charge in [0.1, 0.15) is 5.75 Å². The van der Waals surface area contributed by atoms with Crippen molar-refractivity contribution in [1.29, 1.82) is 0 Å². The average molecular weight is 282 g/mol. The van der Waals surface area contributed by atoms with Crippen LogP contribution in [0.4, 0.5) is 0 Å². The van der Waals surface area contributed by atoms with E-state index < -0.39 is 5.97 Å². The summed E-state index contributed by atoms with van der Waals surface area (Å²) in [5.41, 5.74) is 6.53. The molecule has 1 unspecified atom stereocenters. The van der Waals surface area contributed by atoms with Gasteiger partial charge in [0.05, 0.1) is 17.5 Å². The predicted molar refractivity (Wildman–Crippen MR) is 77.1 cm³/mol. The van der Waals surface area contributed by atoms with Gasteiger partial charge in [0.15, 0.2) is 0 Å². The van der Waals surface area contributed by atoms with E-state index in [-0.39, 0.29) is 23.2 Å². The number of phenols is 1. The lowest BCUT2D eigenvalue weighted by Gasteiger charge is -2.29. The van der Waals surface area contributed by atoms with E-state index in [2.05, 4.69) is 0 Å². The van der Waals surface area contributed by atoms with E-state index in [0.717, 1.165) is 5.56 Å². The van der Waals surface area contributed by atoms with Gasteiger partial charge in [-0.05, 0) is 24.2 Å². The van der Waals surface area contributed by atoms with Crippen LogP contribution in [-0.4, -0.2) is 39.2 Å². The summed E-state index contributed by atoms with van der Waals surface area (Å²) < 4.78 is 0. The maximum atomic E-state index is 10.7. The van der Waals surface area contributed by atoms with Gasteiger partial charge < -0.3 is 15.9 Å². The maximum absolute atomic E-state index is 10.7. The zero-order valence-corrected chi connectivity index (χ0v) is 11.6. The molecule has 0 amide bonds. The number of likely N-dealkylation sites (N-methyl/N-ethyl adjacent to an activating group) is 1. The summed E-state index contributed by atoms with van der Waals surface area (Å²) in [5.74, 6) is -0.732. The second-order valence-corrected chi connectivity index (χ2v) is 4.64. The van der Waals surface area contributed by atoms with E-state index in [1.807, 2.05) is 17.9 Å². The molecule has 6 heteroatoms. The Morgan fingerprint density at radius 1 is 1.53 bits per heavy atom. The third kappa shape index (κ3) is 4.50. The van der Waals surface area contributed by atoms with Crippen molar-refractivity contribution in [2.24, 2.45) is 5.73 Å². The molecule has 1 aromatic carbocycles. The van der Waals surface area contributed by atoms with Crippen molar-refractivity contribution < 1.29 is 15.0 Å². The fourth-order valence-electron chi connectivity index (χ4n) is 1.96. The molecule has 0 aromatic heterocycles. The van der Waals surface area contributed by atoms with Crippen LogP contribution in [0.5, 0.6) is 5.75 Å². The third-order valence-corrected chi connectivity index (χ3v) is 3.06. The molecule has 0 bridgehead atoms. The van der Waals surface area contributed by atoms with Crippen LogP contribution in [0.2, 0.25) is 0 Å². The highest BCUT2D eigenvalue weighted by Crippen LogP contribution is 2.24. The summed E-state index contributed by atoms with van der Waals surface area (Å²) >= 11 is 5.07. The number of nitrogens with zero attached hydrogens (tertiary/aromatic N) is 1. The molecule has 0 heterocycles. The van der Waals surface area contributed by atoms with Crippen LogP contribution in [0, 0.1) is 0 Å². The minimum atomic E-state index is -0.865. The number of aliphatic carboxylic acids is 1. The van der Waals surface area contributed by atoms with Gasteiger partial charge in [0, 0.05) is 6.54 Å². The smallest absolute Gasteiger partial charge is 0.304 e. The number of hydrogen-bond acceptors (Lipinski definition) is 4. The standard InChI is InChI=1S/C13H18N2O3S/c1-2-15(7-6-11(17)18)12(13(14)19)9-4-3-5-10(16)8-9/h3-5,8,12,16H,2,6-7H2,1H3,(H2,14,19)(H,17,18). The zero-order valence-electron chi connectivity index (χ0n) is 10.7. The summed E-state index contributed by atoms with van der Waals surface area (Å²) in [6.45, 7) is 2.88. The van der Waals surface area contributed by atoms with E-state index >= 15 is 0 Å². The average Bonchev–Trinajstić information content (AvgIpc) is 2.33. The highest BCUT2D eigenvalue weighted by Gasteiger charge is 2.22. The van der Waals surface area contributed by atoms with Gasteiger partial charge in [0.25, 0.3) is 0 Å². The molecule has 0 fully saturated rings. The molecule has 0 radical (unpaired) electrons. The van der Waals surface area contributed by atoms with Gasteiger partial charge in [-0.3, -0.25) is 9.69 Å². The molecular formula is C13H18N2O3S. The first-order valence-electron chi connectivity index (χ1n) is 5.99. The van der Waals surface area contributed by atoms with Crippen LogP contribution >= 0.6 is 12.2 Å². The highest BCUT2D eigenvalue weighted by atomic mass is 32.1. The Bertz CT molecular complexity index is 465. The SMILES string of the molecule is CCN(CCC(=O)O)C(C(N)=S)c1cccc(O)c1. The molecule has 0 aliphatic rings. The number of benzene rings is 1. The van der Waals surface area contributed by atoms with Crippen molar-refractivity contribution in [2.75, 3.05) is 13.1 Å².